The number of aliphatic hydroxyl groups excluding tert-OH is 16. The van der Waals surface area contributed by atoms with E-state index in [4.69, 9.17) is 52.1 Å². The summed E-state index contributed by atoms with van der Waals surface area (Å²) in [6.07, 6.45) is -50.5. The number of hydrogen-bond donors (Lipinski definition) is 18. The Balaban J connectivity index is 1.31. The zero-order valence-corrected chi connectivity index (χ0v) is 38.6. The Bertz CT molecular complexity index is 1710. The summed E-state index contributed by atoms with van der Waals surface area (Å²) in [7, 11) is 0. The first-order valence-electron chi connectivity index (χ1n) is 22.8. The van der Waals surface area contributed by atoms with Crippen molar-refractivity contribution in [2.24, 2.45) is 0 Å². The number of nitrogens with one attached hydrogen (secondary N) is 2. The van der Waals surface area contributed by atoms with E-state index in [0.29, 0.717) is 0 Å². The van der Waals surface area contributed by atoms with Crippen LogP contribution in [0, 0.1) is 0 Å². The van der Waals surface area contributed by atoms with Crippen molar-refractivity contribution in [3.05, 3.63) is 0 Å². The fourth-order valence-corrected chi connectivity index (χ4v) is 9.10. The van der Waals surface area contributed by atoms with Crippen molar-refractivity contribution in [1.82, 2.24) is 10.6 Å². The molecule has 2 amide bonds. The monoisotopic (exact) mass is 1040 g/mol. The van der Waals surface area contributed by atoms with E-state index in [1.54, 1.807) is 0 Å². The Kier molecular flexibility index (Phi) is 20.2. The van der Waals surface area contributed by atoms with E-state index in [2.05, 4.69) is 10.6 Å². The first-order chi connectivity index (χ1) is 33.4. The predicted octanol–water partition coefficient (Wildman–Crippen LogP) is -11.8. The van der Waals surface area contributed by atoms with Gasteiger partial charge in [0.25, 0.3) is 0 Å². The molecule has 6 rings (SSSR count). The second-order valence-corrected chi connectivity index (χ2v) is 18.2. The zero-order valence-electron chi connectivity index (χ0n) is 38.6. The summed E-state index contributed by atoms with van der Waals surface area (Å²) in [5, 5.41) is 176. The fraction of sp³-hybridized carbons (Fsp3) is 0.950. The van der Waals surface area contributed by atoms with Gasteiger partial charge in [-0.2, -0.15) is 0 Å². The van der Waals surface area contributed by atoms with Crippen LogP contribution in [0.4, 0.5) is 0 Å². The molecule has 31 nitrogen and oxygen atoms in total. The van der Waals surface area contributed by atoms with Gasteiger partial charge in [-0.15, -0.1) is 0 Å². The van der Waals surface area contributed by atoms with E-state index in [1.807, 2.05) is 0 Å². The Morgan fingerprint density at radius 1 is 0.394 bits per heavy atom. The van der Waals surface area contributed by atoms with Gasteiger partial charge in [-0.05, 0) is 13.8 Å². The van der Waals surface area contributed by atoms with Crippen LogP contribution >= 0.6 is 0 Å². The lowest BCUT2D eigenvalue weighted by Gasteiger charge is -2.51. The van der Waals surface area contributed by atoms with E-state index in [0.717, 1.165) is 13.8 Å². The van der Waals surface area contributed by atoms with E-state index < -0.39 is 222 Å². The number of aliphatic hydroxyl groups is 16. The summed E-state index contributed by atoms with van der Waals surface area (Å²) < 4.78 is 64.0. The Labute approximate surface area is 403 Å². The van der Waals surface area contributed by atoms with Gasteiger partial charge in [0.05, 0.1) is 38.6 Å². The van der Waals surface area contributed by atoms with Crippen LogP contribution in [0.25, 0.3) is 0 Å². The van der Waals surface area contributed by atoms with Crippen molar-refractivity contribution in [2.75, 3.05) is 26.4 Å². The Hall–Kier alpha value is -2.14. The largest absolute Gasteiger partial charge is 0.394 e. The molecule has 6 fully saturated rings. The van der Waals surface area contributed by atoms with E-state index in [9.17, 15) is 91.3 Å². The smallest absolute Gasteiger partial charge is 0.217 e. The molecule has 31 heteroatoms. The van der Waals surface area contributed by atoms with Crippen molar-refractivity contribution < 1.29 is 143 Å². The maximum atomic E-state index is 12.8. The van der Waals surface area contributed by atoms with Gasteiger partial charge in [-0.3, -0.25) is 9.59 Å². The van der Waals surface area contributed by atoms with Crippen LogP contribution in [0.1, 0.15) is 27.7 Å². The average molecular weight is 1040 g/mol. The highest BCUT2D eigenvalue weighted by atomic mass is 16.8. The lowest BCUT2D eigenvalue weighted by molar-refractivity contribution is -0.385. The van der Waals surface area contributed by atoms with Crippen molar-refractivity contribution in [3.8, 4) is 0 Å². The third-order valence-corrected chi connectivity index (χ3v) is 13.1. The minimum Gasteiger partial charge on any atom is -0.394 e. The quantitative estimate of drug-likeness (QED) is 0.0682. The molecule has 0 radical (unpaired) electrons. The van der Waals surface area contributed by atoms with Crippen molar-refractivity contribution in [1.29, 1.82) is 0 Å². The Morgan fingerprint density at radius 3 is 1.37 bits per heavy atom. The molecule has 6 aliphatic rings. The predicted molar refractivity (Wildman–Crippen MR) is 220 cm³/mol. The van der Waals surface area contributed by atoms with Crippen LogP contribution in [0.3, 0.4) is 0 Å². The summed E-state index contributed by atoms with van der Waals surface area (Å²) in [4.78, 5) is 25.4. The van der Waals surface area contributed by atoms with Gasteiger partial charge in [-0.25, -0.2) is 0 Å². The Morgan fingerprint density at radius 2 is 0.817 bits per heavy atom. The summed E-state index contributed by atoms with van der Waals surface area (Å²) in [6, 6.07) is -3.49. The van der Waals surface area contributed by atoms with Gasteiger partial charge >= 0.3 is 0 Å². The third-order valence-electron chi connectivity index (χ3n) is 13.1. The highest BCUT2D eigenvalue weighted by Crippen LogP contribution is 2.37. The number of carbonyl (C=O) groups is 2. The zero-order chi connectivity index (χ0) is 52.5. The number of hydrogen-bond acceptors (Lipinski definition) is 29. The minimum atomic E-state index is -2.14. The molecule has 6 saturated heterocycles. The first-order valence-corrected chi connectivity index (χ1v) is 22.8. The van der Waals surface area contributed by atoms with Gasteiger partial charge in [0.1, 0.15) is 134 Å². The van der Waals surface area contributed by atoms with Crippen LogP contribution in [0.2, 0.25) is 0 Å². The lowest BCUT2D eigenvalue weighted by atomic mass is 9.93. The molecule has 0 bridgehead atoms. The number of ether oxygens (including phenoxy) is 11. The molecule has 30 atom stereocenters. The topological polar surface area (TPSA) is 483 Å². The van der Waals surface area contributed by atoms with Crippen LogP contribution < -0.4 is 10.6 Å². The molecule has 0 unspecified atom stereocenters. The van der Waals surface area contributed by atoms with Gasteiger partial charge < -0.3 is 144 Å². The molecule has 0 aromatic carbocycles. The lowest BCUT2D eigenvalue weighted by Crippen LogP contribution is -2.71. The molecule has 6 heterocycles. The molecular formula is C40H68N2O29. The summed E-state index contributed by atoms with van der Waals surface area (Å²) in [5.41, 5.74) is 0. The summed E-state index contributed by atoms with van der Waals surface area (Å²) in [6.45, 7) is 1.07. The van der Waals surface area contributed by atoms with E-state index >= 15 is 0 Å². The molecule has 71 heavy (non-hydrogen) atoms. The molecule has 18 N–H and O–H groups in total. The minimum absolute atomic E-state index is 0.784. The van der Waals surface area contributed by atoms with Crippen LogP contribution in [-0.4, -0.2) is 304 Å². The number of amides is 2. The van der Waals surface area contributed by atoms with Crippen molar-refractivity contribution >= 4 is 11.8 Å². The second-order valence-electron chi connectivity index (χ2n) is 18.2. The molecule has 0 saturated carbocycles. The molecule has 0 spiro atoms. The highest BCUT2D eigenvalue weighted by Gasteiger charge is 2.58. The maximum absolute atomic E-state index is 12.8. The summed E-state index contributed by atoms with van der Waals surface area (Å²) >= 11 is 0. The van der Waals surface area contributed by atoms with Crippen LogP contribution in [-0.2, 0) is 61.7 Å². The molecule has 0 aromatic heterocycles. The van der Waals surface area contributed by atoms with Gasteiger partial charge in [0, 0.05) is 13.8 Å². The van der Waals surface area contributed by atoms with E-state index in [1.165, 1.54) is 13.8 Å². The number of carbonyl (C=O) groups excluding carboxylic acids is 2. The maximum Gasteiger partial charge on any atom is 0.217 e. The van der Waals surface area contributed by atoms with Crippen LogP contribution in [0.15, 0.2) is 0 Å². The highest BCUT2D eigenvalue weighted by molar-refractivity contribution is 5.73. The second kappa shape index (κ2) is 24.7. The van der Waals surface area contributed by atoms with E-state index in [-0.39, 0.29) is 0 Å². The molecule has 0 aliphatic carbocycles. The van der Waals surface area contributed by atoms with Gasteiger partial charge in [0.15, 0.2) is 37.7 Å². The molecule has 6 aliphatic heterocycles. The third kappa shape index (κ3) is 12.6. The van der Waals surface area contributed by atoms with Crippen LogP contribution in [0.5, 0.6) is 0 Å². The standard InChI is InChI=1S/C40H68N2O29/c1-9-19(48)24(53)27(56)37(62-9)61-8-16-32(33(18(35(60)64-16)42-12(4)47)70-38-28(57)25(54)20(49)10(2)63-38)69-36-17(41-11(3)46)23(52)31(15(7-45)67-36)68-40-30(59)34(22(51)14(6-44)66-40)71-39-29(58)26(55)21(50)13(5-43)65-39/h9-10,13-40,43-45,48-60H,5-8H2,1-4H3,(H,41,46)(H,42,47)/t9-,10-,13-,14-,15-,16-,17-,18-,19+,20+,21-,22-,23-,24+,25+,26+,27-,28-,29+,30+,31-,32-,33-,34+,35-,36+,37+,38-,39-,40+/m1/s1. The van der Waals surface area contributed by atoms with Crippen molar-refractivity contribution in [2.45, 2.75) is 212 Å². The molecule has 412 valence electrons. The fourth-order valence-electron chi connectivity index (χ4n) is 9.10. The first kappa shape index (κ1) is 58.1. The van der Waals surface area contributed by atoms with Gasteiger partial charge in [-0.1, -0.05) is 0 Å². The van der Waals surface area contributed by atoms with Gasteiger partial charge in [0.2, 0.25) is 11.8 Å². The SMILES string of the molecule is CC(=O)N[C@@H]1[C@@H](O[C@H]2O[C@H](C)[C@H](O)[C@H](O)[C@H]2O)[C@H](O[C@@H]2O[C@H](CO)[C@@H](O[C@@H]3O[C@H](CO)[C@@H](O)[C@H](O[C@H]4O[C@H](CO)[C@@H](O)[C@H](O)[C@@H]4O)[C@@H]3O)[C@H](O)[C@H]2NC(C)=O)[C@@H](CO[C@H]2O[C@H](C)[C@H](O)[C@H](O)[C@H]2O)O[C@H]1O. The molecule has 0 aromatic rings. The van der Waals surface area contributed by atoms with Crippen molar-refractivity contribution in [3.63, 3.8) is 0 Å². The number of rotatable bonds is 16. The molecular weight excluding hydrogens is 972 g/mol. The average Bonchev–Trinajstić information content (AvgIpc) is 3.32. The normalized spacial score (nSPS) is 50.8. The summed E-state index contributed by atoms with van der Waals surface area (Å²) in [5.74, 6) is -1.64.